The highest BCUT2D eigenvalue weighted by Gasteiger charge is 2.13. The highest BCUT2D eigenvalue weighted by atomic mass is 16.6. The van der Waals surface area contributed by atoms with Crippen LogP contribution in [-0.4, -0.2) is 21.6 Å². The van der Waals surface area contributed by atoms with Crippen molar-refractivity contribution in [3.63, 3.8) is 0 Å². The lowest BCUT2D eigenvalue weighted by atomic mass is 10.3. The van der Waals surface area contributed by atoms with Gasteiger partial charge in [-0.25, -0.2) is 9.78 Å². The van der Waals surface area contributed by atoms with E-state index in [1.54, 1.807) is 0 Å². The van der Waals surface area contributed by atoms with Crippen molar-refractivity contribution in [2.75, 3.05) is 5.32 Å². The number of nitrogens with one attached hydrogen (secondary N) is 1. The summed E-state index contributed by atoms with van der Waals surface area (Å²) in [6.45, 7) is 3.76. The smallest absolute Gasteiger partial charge is 0.376 e. The Morgan fingerprint density at radius 2 is 2.11 bits per heavy atom. The molecule has 0 aliphatic carbocycles. The third kappa shape index (κ3) is 2.32. The monoisotopic (exact) mass is 247 g/mol. The van der Waals surface area contributed by atoms with Crippen LogP contribution in [0.2, 0.25) is 0 Å². The molecule has 0 saturated carbocycles. The molecule has 0 fully saturated rings. The number of amides is 1. The standard InChI is InChI=1S/C12H13N3O3/c1-3-15-10-7-5-4-6-9(10)13-11(15)14-12(17)18-8(2)16/h4-7H,3H2,1-2H3,(H,13,14,17). The van der Waals surface area contributed by atoms with E-state index >= 15 is 0 Å². The number of aryl methyl sites for hydroxylation is 1. The molecule has 6 heteroatoms. The number of hydrogen-bond donors (Lipinski definition) is 1. The first-order valence-corrected chi connectivity index (χ1v) is 5.56. The van der Waals surface area contributed by atoms with Crippen LogP contribution in [0.1, 0.15) is 13.8 Å². The zero-order valence-corrected chi connectivity index (χ0v) is 10.1. The minimum Gasteiger partial charge on any atom is -0.376 e. The Hall–Kier alpha value is -2.37. The third-order valence-electron chi connectivity index (χ3n) is 2.42. The van der Waals surface area contributed by atoms with Gasteiger partial charge in [-0.05, 0) is 19.1 Å². The molecular formula is C12H13N3O3. The summed E-state index contributed by atoms with van der Waals surface area (Å²) >= 11 is 0. The van der Waals surface area contributed by atoms with Gasteiger partial charge in [0.05, 0.1) is 11.0 Å². The van der Waals surface area contributed by atoms with Crippen LogP contribution in [0.25, 0.3) is 11.0 Å². The third-order valence-corrected chi connectivity index (χ3v) is 2.42. The first-order chi connectivity index (χ1) is 8.61. The number of para-hydroxylation sites is 2. The lowest BCUT2D eigenvalue weighted by Crippen LogP contribution is -2.19. The Bertz CT molecular complexity index is 604. The Morgan fingerprint density at radius 3 is 2.78 bits per heavy atom. The van der Waals surface area contributed by atoms with Crippen LogP contribution in [0.15, 0.2) is 24.3 Å². The molecule has 2 aromatic rings. The molecule has 1 amide bonds. The Labute approximate surface area is 104 Å². The predicted molar refractivity (Wildman–Crippen MR) is 66.2 cm³/mol. The van der Waals surface area contributed by atoms with E-state index < -0.39 is 12.1 Å². The van der Waals surface area contributed by atoms with Crippen LogP contribution in [0, 0.1) is 0 Å². The van der Waals surface area contributed by atoms with Crippen molar-refractivity contribution in [1.82, 2.24) is 9.55 Å². The van der Waals surface area contributed by atoms with Crippen LogP contribution < -0.4 is 5.32 Å². The van der Waals surface area contributed by atoms with Crippen LogP contribution in [0.5, 0.6) is 0 Å². The van der Waals surface area contributed by atoms with Crippen molar-refractivity contribution < 1.29 is 14.3 Å². The molecule has 6 nitrogen and oxygen atoms in total. The van der Waals surface area contributed by atoms with Gasteiger partial charge in [0, 0.05) is 13.5 Å². The van der Waals surface area contributed by atoms with Gasteiger partial charge in [0.1, 0.15) is 0 Å². The number of ether oxygens (including phenoxy) is 1. The molecule has 0 saturated heterocycles. The van der Waals surface area contributed by atoms with Crippen LogP contribution >= 0.6 is 0 Å². The second kappa shape index (κ2) is 4.87. The van der Waals surface area contributed by atoms with Crippen molar-refractivity contribution in [3.8, 4) is 0 Å². The van der Waals surface area contributed by atoms with E-state index in [0.29, 0.717) is 12.5 Å². The number of benzene rings is 1. The van der Waals surface area contributed by atoms with Gasteiger partial charge in [-0.2, -0.15) is 0 Å². The SMILES string of the molecule is CCn1c(NC(=O)OC(C)=O)nc2ccccc21. The number of carbonyl (C=O) groups excluding carboxylic acids is 2. The summed E-state index contributed by atoms with van der Waals surface area (Å²) in [7, 11) is 0. The normalized spacial score (nSPS) is 10.3. The van der Waals surface area contributed by atoms with E-state index in [4.69, 9.17) is 0 Å². The average molecular weight is 247 g/mol. The molecular weight excluding hydrogens is 234 g/mol. The first kappa shape index (κ1) is 12.1. The Morgan fingerprint density at radius 1 is 1.39 bits per heavy atom. The topological polar surface area (TPSA) is 73.2 Å². The number of carbonyl (C=O) groups is 2. The fraction of sp³-hybridized carbons (Fsp3) is 0.250. The van der Waals surface area contributed by atoms with E-state index in [9.17, 15) is 9.59 Å². The highest BCUT2D eigenvalue weighted by Crippen LogP contribution is 2.19. The summed E-state index contributed by atoms with van der Waals surface area (Å²) in [5.74, 6) is -0.295. The number of fused-ring (bicyclic) bond motifs is 1. The van der Waals surface area contributed by atoms with Crippen molar-refractivity contribution in [2.45, 2.75) is 20.4 Å². The fourth-order valence-corrected chi connectivity index (χ4v) is 1.74. The molecule has 94 valence electrons. The lowest BCUT2D eigenvalue weighted by Gasteiger charge is -2.06. The molecule has 1 N–H and O–H groups in total. The summed E-state index contributed by atoms with van der Waals surface area (Å²) in [4.78, 5) is 26.3. The molecule has 0 atom stereocenters. The Balaban J connectivity index is 2.33. The van der Waals surface area contributed by atoms with Gasteiger partial charge in [-0.3, -0.25) is 10.1 Å². The van der Waals surface area contributed by atoms with Crippen molar-refractivity contribution in [2.24, 2.45) is 0 Å². The molecule has 1 heterocycles. The number of anilines is 1. The molecule has 0 bridgehead atoms. The van der Waals surface area contributed by atoms with Crippen molar-refractivity contribution in [1.29, 1.82) is 0 Å². The van der Waals surface area contributed by atoms with E-state index in [0.717, 1.165) is 11.0 Å². The van der Waals surface area contributed by atoms with E-state index in [1.807, 2.05) is 35.8 Å². The molecule has 0 aliphatic rings. The largest absolute Gasteiger partial charge is 0.421 e. The minimum atomic E-state index is -0.826. The summed E-state index contributed by atoms with van der Waals surface area (Å²) < 4.78 is 6.24. The first-order valence-electron chi connectivity index (χ1n) is 5.56. The lowest BCUT2D eigenvalue weighted by molar-refractivity contribution is -0.134. The maximum absolute atomic E-state index is 11.4. The molecule has 18 heavy (non-hydrogen) atoms. The summed E-state index contributed by atoms with van der Waals surface area (Å²) in [5.41, 5.74) is 1.69. The fourth-order valence-electron chi connectivity index (χ4n) is 1.74. The van der Waals surface area contributed by atoms with Gasteiger partial charge in [0.2, 0.25) is 5.95 Å². The van der Waals surface area contributed by atoms with Crippen molar-refractivity contribution >= 4 is 29.0 Å². The van der Waals surface area contributed by atoms with Crippen molar-refractivity contribution in [3.05, 3.63) is 24.3 Å². The van der Waals surface area contributed by atoms with Gasteiger partial charge in [-0.1, -0.05) is 12.1 Å². The maximum Gasteiger partial charge on any atom is 0.421 e. The van der Waals surface area contributed by atoms with Gasteiger partial charge in [0.15, 0.2) is 0 Å². The van der Waals surface area contributed by atoms with Gasteiger partial charge < -0.3 is 9.30 Å². The summed E-state index contributed by atoms with van der Waals surface area (Å²) in [5, 5.41) is 2.45. The van der Waals surface area contributed by atoms with E-state index in [2.05, 4.69) is 15.0 Å². The number of hydrogen-bond acceptors (Lipinski definition) is 4. The zero-order chi connectivity index (χ0) is 13.1. The average Bonchev–Trinajstić information content (AvgIpc) is 2.64. The molecule has 1 aromatic carbocycles. The molecule has 0 spiro atoms. The number of aromatic nitrogens is 2. The Kier molecular flexibility index (Phi) is 3.27. The number of imidazole rings is 1. The molecule has 0 unspecified atom stereocenters. The summed E-state index contributed by atoms with van der Waals surface area (Å²) in [6, 6.07) is 7.52. The summed E-state index contributed by atoms with van der Waals surface area (Å²) in [6.07, 6.45) is -0.826. The van der Waals surface area contributed by atoms with E-state index in [1.165, 1.54) is 6.92 Å². The van der Waals surface area contributed by atoms with Crippen LogP contribution in [0.4, 0.5) is 10.7 Å². The minimum absolute atomic E-state index is 0.366. The van der Waals surface area contributed by atoms with Gasteiger partial charge in [0.25, 0.3) is 0 Å². The molecule has 0 aliphatic heterocycles. The molecule has 1 aromatic heterocycles. The second-order valence-electron chi connectivity index (χ2n) is 3.67. The highest BCUT2D eigenvalue weighted by molar-refractivity contribution is 5.92. The maximum atomic E-state index is 11.4. The predicted octanol–water partition coefficient (Wildman–Crippen LogP) is 2.15. The van der Waals surface area contributed by atoms with Gasteiger partial charge in [-0.15, -0.1) is 0 Å². The number of esters is 1. The van der Waals surface area contributed by atoms with Crippen LogP contribution in [0.3, 0.4) is 0 Å². The van der Waals surface area contributed by atoms with Gasteiger partial charge >= 0.3 is 12.1 Å². The van der Waals surface area contributed by atoms with Crippen LogP contribution in [-0.2, 0) is 16.1 Å². The number of rotatable bonds is 2. The quantitative estimate of drug-likeness (QED) is 0.651. The molecule has 2 rings (SSSR count). The second-order valence-corrected chi connectivity index (χ2v) is 3.67. The molecule has 0 radical (unpaired) electrons. The number of nitrogens with zero attached hydrogens (tertiary/aromatic N) is 2. The van der Waals surface area contributed by atoms with E-state index in [-0.39, 0.29) is 0 Å². The zero-order valence-electron chi connectivity index (χ0n) is 10.1.